The van der Waals surface area contributed by atoms with Crippen molar-refractivity contribution < 1.29 is 13.2 Å². The van der Waals surface area contributed by atoms with Crippen molar-refractivity contribution in [2.75, 3.05) is 0 Å². The molecule has 0 aliphatic rings. The predicted molar refractivity (Wildman–Crippen MR) is 79.0 cm³/mol. The van der Waals surface area contributed by atoms with Crippen LogP contribution < -0.4 is 11.3 Å². The zero-order valence-corrected chi connectivity index (χ0v) is 12.6. The molecule has 112 valence electrons. The standard InChI is InChI=1S/C15H14BrF3N2/c16-11-5-4-9(14(18)8-11)6-12(21-20)7-10-2-1-3-13(17)15(10)19/h1-5,8,12,21H,6-7,20H2. The Morgan fingerprint density at radius 1 is 1.00 bits per heavy atom. The van der Waals surface area contributed by atoms with Crippen molar-refractivity contribution in [1.82, 2.24) is 5.43 Å². The van der Waals surface area contributed by atoms with E-state index in [9.17, 15) is 13.2 Å². The quantitative estimate of drug-likeness (QED) is 0.634. The number of hydrogen-bond donors (Lipinski definition) is 2. The van der Waals surface area contributed by atoms with Crippen LogP contribution in [-0.4, -0.2) is 6.04 Å². The van der Waals surface area contributed by atoms with Gasteiger partial charge in [0.2, 0.25) is 0 Å². The minimum atomic E-state index is -0.905. The highest BCUT2D eigenvalue weighted by atomic mass is 79.9. The fraction of sp³-hybridized carbons (Fsp3) is 0.200. The third kappa shape index (κ3) is 4.06. The van der Waals surface area contributed by atoms with Gasteiger partial charge in [-0.15, -0.1) is 0 Å². The van der Waals surface area contributed by atoms with Crippen LogP contribution in [0.15, 0.2) is 40.9 Å². The van der Waals surface area contributed by atoms with Gasteiger partial charge in [-0.25, -0.2) is 13.2 Å². The first kappa shape index (κ1) is 16.0. The summed E-state index contributed by atoms with van der Waals surface area (Å²) in [5.41, 5.74) is 3.18. The largest absolute Gasteiger partial charge is 0.271 e. The van der Waals surface area contributed by atoms with Crippen LogP contribution in [0.1, 0.15) is 11.1 Å². The number of benzene rings is 2. The summed E-state index contributed by atoms with van der Waals surface area (Å²) >= 11 is 3.18. The van der Waals surface area contributed by atoms with Gasteiger partial charge in [0, 0.05) is 10.5 Å². The fourth-order valence-electron chi connectivity index (χ4n) is 2.11. The first-order valence-electron chi connectivity index (χ1n) is 6.34. The van der Waals surface area contributed by atoms with Crippen molar-refractivity contribution in [3.05, 3.63) is 69.4 Å². The van der Waals surface area contributed by atoms with E-state index in [4.69, 9.17) is 5.84 Å². The third-order valence-corrected chi connectivity index (χ3v) is 3.71. The highest BCUT2D eigenvalue weighted by molar-refractivity contribution is 9.10. The van der Waals surface area contributed by atoms with E-state index >= 15 is 0 Å². The number of hydrogen-bond acceptors (Lipinski definition) is 2. The normalized spacial score (nSPS) is 12.4. The summed E-state index contributed by atoms with van der Waals surface area (Å²) in [7, 11) is 0. The molecular formula is C15H14BrF3N2. The summed E-state index contributed by atoms with van der Waals surface area (Å²) in [5.74, 6) is 3.27. The lowest BCUT2D eigenvalue weighted by Gasteiger charge is -2.17. The second-order valence-corrected chi connectivity index (χ2v) is 5.64. The van der Waals surface area contributed by atoms with Gasteiger partial charge in [0.15, 0.2) is 11.6 Å². The molecule has 1 unspecified atom stereocenters. The van der Waals surface area contributed by atoms with Crippen LogP contribution in [0.5, 0.6) is 0 Å². The molecule has 0 fully saturated rings. The van der Waals surface area contributed by atoms with Gasteiger partial charge >= 0.3 is 0 Å². The number of hydrazine groups is 1. The molecule has 0 aliphatic heterocycles. The second kappa shape index (κ2) is 7.06. The zero-order chi connectivity index (χ0) is 15.4. The Bertz CT molecular complexity index is 634. The van der Waals surface area contributed by atoms with Gasteiger partial charge in [-0.05, 0) is 42.2 Å². The minimum absolute atomic E-state index is 0.162. The monoisotopic (exact) mass is 358 g/mol. The van der Waals surface area contributed by atoms with Crippen LogP contribution in [0.3, 0.4) is 0 Å². The van der Waals surface area contributed by atoms with E-state index in [1.54, 1.807) is 12.1 Å². The molecule has 0 saturated carbocycles. The van der Waals surface area contributed by atoms with Crippen LogP contribution >= 0.6 is 15.9 Å². The maximum Gasteiger partial charge on any atom is 0.162 e. The molecule has 0 radical (unpaired) electrons. The van der Waals surface area contributed by atoms with E-state index < -0.39 is 17.7 Å². The van der Waals surface area contributed by atoms with Crippen molar-refractivity contribution in [1.29, 1.82) is 0 Å². The first-order valence-corrected chi connectivity index (χ1v) is 7.13. The molecule has 2 aromatic carbocycles. The number of nitrogens with one attached hydrogen (secondary N) is 1. The van der Waals surface area contributed by atoms with Gasteiger partial charge < -0.3 is 0 Å². The Labute approximate surface area is 129 Å². The highest BCUT2D eigenvalue weighted by Crippen LogP contribution is 2.19. The van der Waals surface area contributed by atoms with Crippen LogP contribution in [0.4, 0.5) is 13.2 Å². The zero-order valence-electron chi connectivity index (χ0n) is 11.0. The maximum absolute atomic E-state index is 13.8. The van der Waals surface area contributed by atoms with Gasteiger partial charge in [0.05, 0.1) is 0 Å². The Balaban J connectivity index is 2.15. The lowest BCUT2D eigenvalue weighted by molar-refractivity contribution is 0.469. The summed E-state index contributed by atoms with van der Waals surface area (Å²) in [4.78, 5) is 0. The van der Waals surface area contributed by atoms with Gasteiger partial charge in [0.1, 0.15) is 5.82 Å². The van der Waals surface area contributed by atoms with Crippen molar-refractivity contribution in [2.24, 2.45) is 5.84 Å². The van der Waals surface area contributed by atoms with E-state index in [1.165, 1.54) is 18.2 Å². The fourth-order valence-corrected chi connectivity index (χ4v) is 2.45. The van der Waals surface area contributed by atoms with E-state index in [0.29, 0.717) is 10.0 Å². The van der Waals surface area contributed by atoms with Crippen molar-refractivity contribution in [3.63, 3.8) is 0 Å². The minimum Gasteiger partial charge on any atom is -0.271 e. The topological polar surface area (TPSA) is 38.0 Å². The Morgan fingerprint density at radius 2 is 1.71 bits per heavy atom. The predicted octanol–water partition coefficient (Wildman–Crippen LogP) is 3.48. The molecule has 6 heteroatoms. The number of nitrogens with two attached hydrogens (primary N) is 1. The van der Waals surface area contributed by atoms with Crippen molar-refractivity contribution in [3.8, 4) is 0 Å². The molecular weight excluding hydrogens is 345 g/mol. The van der Waals surface area contributed by atoms with E-state index in [2.05, 4.69) is 21.4 Å². The molecule has 21 heavy (non-hydrogen) atoms. The molecule has 0 bridgehead atoms. The first-order chi connectivity index (χ1) is 10.0. The summed E-state index contributed by atoms with van der Waals surface area (Å²) < 4.78 is 41.3. The molecule has 0 amide bonds. The van der Waals surface area contributed by atoms with Gasteiger partial charge in [-0.3, -0.25) is 11.3 Å². The average Bonchev–Trinajstić information content (AvgIpc) is 2.45. The number of rotatable bonds is 5. The Hall–Kier alpha value is -1.37. The maximum atomic E-state index is 13.8. The van der Waals surface area contributed by atoms with Gasteiger partial charge in [-0.2, -0.15) is 0 Å². The molecule has 0 aromatic heterocycles. The smallest absolute Gasteiger partial charge is 0.162 e. The molecule has 0 heterocycles. The molecule has 2 aromatic rings. The van der Waals surface area contributed by atoms with Gasteiger partial charge in [-0.1, -0.05) is 34.1 Å². The molecule has 3 N–H and O–H groups in total. The summed E-state index contributed by atoms with van der Waals surface area (Å²) in [6.07, 6.45) is 0.432. The van der Waals surface area contributed by atoms with E-state index in [0.717, 1.165) is 6.07 Å². The molecule has 2 nitrogen and oxygen atoms in total. The molecule has 1 atom stereocenters. The SMILES string of the molecule is NNC(Cc1ccc(Br)cc1F)Cc1cccc(F)c1F. The van der Waals surface area contributed by atoms with Gasteiger partial charge in [0.25, 0.3) is 0 Å². The molecule has 2 rings (SSSR count). The summed E-state index contributed by atoms with van der Waals surface area (Å²) in [6.45, 7) is 0. The number of halogens is 4. The Morgan fingerprint density at radius 3 is 2.38 bits per heavy atom. The Kier molecular flexibility index (Phi) is 5.39. The second-order valence-electron chi connectivity index (χ2n) is 4.72. The lowest BCUT2D eigenvalue weighted by atomic mass is 9.99. The molecule has 0 aliphatic carbocycles. The average molecular weight is 359 g/mol. The van der Waals surface area contributed by atoms with Crippen molar-refractivity contribution >= 4 is 15.9 Å². The summed E-state index contributed by atoms with van der Waals surface area (Å²) in [5, 5.41) is 0. The van der Waals surface area contributed by atoms with E-state index in [-0.39, 0.29) is 24.2 Å². The lowest BCUT2D eigenvalue weighted by Crippen LogP contribution is -2.38. The molecule has 0 saturated heterocycles. The summed E-state index contributed by atoms with van der Waals surface area (Å²) in [6, 6.07) is 8.27. The van der Waals surface area contributed by atoms with Crippen LogP contribution in [0, 0.1) is 17.5 Å². The third-order valence-electron chi connectivity index (χ3n) is 3.22. The van der Waals surface area contributed by atoms with Crippen LogP contribution in [0.25, 0.3) is 0 Å². The molecule has 0 spiro atoms. The van der Waals surface area contributed by atoms with Crippen LogP contribution in [-0.2, 0) is 12.8 Å². The van der Waals surface area contributed by atoms with Crippen LogP contribution in [0.2, 0.25) is 0 Å². The van der Waals surface area contributed by atoms with E-state index in [1.807, 2.05) is 0 Å². The van der Waals surface area contributed by atoms with Crippen molar-refractivity contribution in [2.45, 2.75) is 18.9 Å². The highest BCUT2D eigenvalue weighted by Gasteiger charge is 2.16.